The Hall–Kier alpha value is -0.570. The minimum absolute atomic E-state index is 0.852. The van der Waals surface area contributed by atoms with Crippen LogP contribution in [0.2, 0.25) is 5.02 Å². The fraction of sp³-hybridized carbons (Fsp3) is 0.538. The van der Waals surface area contributed by atoms with Crippen LogP contribution in [0.25, 0.3) is 0 Å². The third-order valence-corrected chi connectivity index (χ3v) is 3.18. The summed E-state index contributed by atoms with van der Waals surface area (Å²) in [6.07, 6.45) is 0. The molecule has 0 heterocycles. The van der Waals surface area contributed by atoms with Gasteiger partial charge in [0, 0.05) is 24.7 Å². The van der Waals surface area contributed by atoms with Gasteiger partial charge in [-0.15, -0.1) is 0 Å². The van der Waals surface area contributed by atoms with Gasteiger partial charge in [0.15, 0.2) is 0 Å². The van der Waals surface area contributed by atoms with Crippen LogP contribution in [0.1, 0.15) is 18.1 Å². The Balaban J connectivity index is 2.29. The third-order valence-electron chi connectivity index (χ3n) is 2.78. The Morgan fingerprint density at radius 1 is 1.38 bits per heavy atom. The van der Waals surface area contributed by atoms with E-state index in [9.17, 15) is 0 Å². The summed E-state index contributed by atoms with van der Waals surface area (Å²) in [6.45, 7) is 8.26. The Labute approximate surface area is 104 Å². The molecule has 0 fully saturated rings. The second kappa shape index (κ2) is 6.89. The second-order valence-corrected chi connectivity index (χ2v) is 4.56. The van der Waals surface area contributed by atoms with Gasteiger partial charge in [0.2, 0.25) is 0 Å². The van der Waals surface area contributed by atoms with Gasteiger partial charge in [-0.3, -0.25) is 0 Å². The Morgan fingerprint density at radius 3 is 2.75 bits per heavy atom. The van der Waals surface area contributed by atoms with Gasteiger partial charge in [-0.1, -0.05) is 30.7 Å². The van der Waals surface area contributed by atoms with Gasteiger partial charge in [-0.05, 0) is 37.7 Å². The number of nitrogens with one attached hydrogen (secondary N) is 1. The van der Waals surface area contributed by atoms with E-state index in [1.54, 1.807) is 0 Å². The first kappa shape index (κ1) is 13.5. The zero-order chi connectivity index (χ0) is 12.0. The highest BCUT2D eigenvalue weighted by molar-refractivity contribution is 6.31. The van der Waals surface area contributed by atoms with Crippen LogP contribution in [0.15, 0.2) is 18.2 Å². The summed E-state index contributed by atoms with van der Waals surface area (Å²) >= 11 is 6.06. The number of nitrogens with zero attached hydrogens (tertiary/aromatic N) is 1. The maximum Gasteiger partial charge on any atom is 0.0438 e. The number of halogens is 1. The molecule has 2 nitrogen and oxygen atoms in total. The molecule has 0 saturated carbocycles. The molecule has 90 valence electrons. The lowest BCUT2D eigenvalue weighted by molar-refractivity contribution is 0.349. The first-order chi connectivity index (χ1) is 7.63. The summed E-state index contributed by atoms with van der Waals surface area (Å²) in [5, 5.41) is 4.27. The maximum absolute atomic E-state index is 6.06. The standard InChI is InChI=1S/C13H21ClN2/c1-4-16(3)8-7-15-10-12-6-5-11(2)13(14)9-12/h5-6,9,15H,4,7-8,10H2,1-3H3. The molecule has 1 aromatic carbocycles. The smallest absolute Gasteiger partial charge is 0.0438 e. The number of aryl methyl sites for hydroxylation is 1. The quantitative estimate of drug-likeness (QED) is 0.770. The van der Waals surface area contributed by atoms with Crippen LogP contribution >= 0.6 is 11.6 Å². The molecular formula is C13H21ClN2. The summed E-state index contributed by atoms with van der Waals surface area (Å²) < 4.78 is 0. The largest absolute Gasteiger partial charge is 0.311 e. The highest BCUT2D eigenvalue weighted by atomic mass is 35.5. The number of benzene rings is 1. The molecule has 0 amide bonds. The second-order valence-electron chi connectivity index (χ2n) is 4.16. The van der Waals surface area contributed by atoms with Gasteiger partial charge in [-0.25, -0.2) is 0 Å². The van der Waals surface area contributed by atoms with E-state index in [-0.39, 0.29) is 0 Å². The summed E-state index contributed by atoms with van der Waals surface area (Å²) in [7, 11) is 2.13. The van der Waals surface area contributed by atoms with Crippen LogP contribution in [-0.2, 0) is 6.54 Å². The molecule has 0 spiro atoms. The number of hydrogen-bond donors (Lipinski definition) is 1. The molecule has 0 aliphatic carbocycles. The first-order valence-electron chi connectivity index (χ1n) is 5.77. The van der Waals surface area contributed by atoms with Gasteiger partial charge in [0.25, 0.3) is 0 Å². The summed E-state index contributed by atoms with van der Waals surface area (Å²) in [6, 6.07) is 6.22. The lowest BCUT2D eigenvalue weighted by atomic mass is 10.1. The number of likely N-dealkylation sites (N-methyl/N-ethyl adjacent to an activating group) is 1. The molecule has 0 unspecified atom stereocenters. The van der Waals surface area contributed by atoms with Crippen LogP contribution in [0.4, 0.5) is 0 Å². The van der Waals surface area contributed by atoms with Gasteiger partial charge < -0.3 is 10.2 Å². The predicted octanol–water partition coefficient (Wildman–Crippen LogP) is 2.69. The predicted molar refractivity (Wildman–Crippen MR) is 71.1 cm³/mol. The van der Waals surface area contributed by atoms with Crippen molar-refractivity contribution in [3.63, 3.8) is 0 Å². The van der Waals surface area contributed by atoms with Crippen molar-refractivity contribution in [1.82, 2.24) is 10.2 Å². The molecule has 0 aromatic heterocycles. The van der Waals surface area contributed by atoms with E-state index >= 15 is 0 Å². The topological polar surface area (TPSA) is 15.3 Å². The molecule has 0 aliphatic rings. The van der Waals surface area contributed by atoms with Crippen molar-refractivity contribution in [1.29, 1.82) is 0 Å². The van der Waals surface area contributed by atoms with Gasteiger partial charge in [-0.2, -0.15) is 0 Å². The fourth-order valence-electron chi connectivity index (χ4n) is 1.41. The van der Waals surface area contributed by atoms with Crippen molar-refractivity contribution >= 4 is 11.6 Å². The minimum Gasteiger partial charge on any atom is -0.311 e. The summed E-state index contributed by atoms with van der Waals surface area (Å²) in [5.41, 5.74) is 2.38. The first-order valence-corrected chi connectivity index (χ1v) is 6.15. The Kier molecular flexibility index (Phi) is 5.81. The molecule has 0 saturated heterocycles. The maximum atomic E-state index is 6.06. The average molecular weight is 241 g/mol. The van der Waals surface area contributed by atoms with E-state index < -0.39 is 0 Å². The van der Waals surface area contributed by atoms with E-state index in [2.05, 4.69) is 36.3 Å². The van der Waals surface area contributed by atoms with E-state index in [0.717, 1.165) is 36.8 Å². The van der Waals surface area contributed by atoms with Gasteiger partial charge in [0.05, 0.1) is 0 Å². The van der Waals surface area contributed by atoms with Crippen LogP contribution in [0.5, 0.6) is 0 Å². The van der Waals surface area contributed by atoms with E-state index in [1.807, 2.05) is 13.0 Å². The molecule has 1 N–H and O–H groups in total. The van der Waals surface area contributed by atoms with Gasteiger partial charge in [0.1, 0.15) is 0 Å². The average Bonchev–Trinajstić information content (AvgIpc) is 2.28. The molecule has 0 radical (unpaired) electrons. The highest BCUT2D eigenvalue weighted by Crippen LogP contribution is 2.16. The molecule has 16 heavy (non-hydrogen) atoms. The molecule has 1 aromatic rings. The van der Waals surface area contributed by atoms with Crippen molar-refractivity contribution in [2.75, 3.05) is 26.7 Å². The van der Waals surface area contributed by atoms with E-state index in [1.165, 1.54) is 5.56 Å². The zero-order valence-corrected chi connectivity index (χ0v) is 11.1. The van der Waals surface area contributed by atoms with Crippen molar-refractivity contribution in [3.8, 4) is 0 Å². The lowest BCUT2D eigenvalue weighted by Gasteiger charge is -2.14. The molecular weight excluding hydrogens is 220 g/mol. The minimum atomic E-state index is 0.852. The van der Waals surface area contributed by atoms with E-state index in [4.69, 9.17) is 11.6 Å². The van der Waals surface area contributed by atoms with Gasteiger partial charge >= 0.3 is 0 Å². The molecule has 1 rings (SSSR count). The normalized spacial score (nSPS) is 11.1. The number of hydrogen-bond acceptors (Lipinski definition) is 2. The van der Waals surface area contributed by atoms with Crippen LogP contribution < -0.4 is 5.32 Å². The fourth-order valence-corrected chi connectivity index (χ4v) is 1.61. The summed E-state index contributed by atoms with van der Waals surface area (Å²) in [5.74, 6) is 0. The SMILES string of the molecule is CCN(C)CCNCc1ccc(C)c(Cl)c1. The van der Waals surface area contributed by atoms with Crippen LogP contribution in [0.3, 0.4) is 0 Å². The lowest BCUT2D eigenvalue weighted by Crippen LogP contribution is -2.28. The molecule has 0 atom stereocenters. The molecule has 0 aliphatic heterocycles. The van der Waals surface area contributed by atoms with Crippen LogP contribution in [0, 0.1) is 6.92 Å². The van der Waals surface area contributed by atoms with Crippen molar-refractivity contribution < 1.29 is 0 Å². The molecule has 3 heteroatoms. The number of rotatable bonds is 6. The highest BCUT2D eigenvalue weighted by Gasteiger charge is 1.98. The van der Waals surface area contributed by atoms with Crippen molar-refractivity contribution in [2.45, 2.75) is 20.4 Å². The van der Waals surface area contributed by atoms with Crippen LogP contribution in [-0.4, -0.2) is 31.6 Å². The summed E-state index contributed by atoms with van der Waals surface area (Å²) in [4.78, 5) is 2.29. The molecule has 0 bridgehead atoms. The van der Waals surface area contributed by atoms with Crippen molar-refractivity contribution in [3.05, 3.63) is 34.3 Å². The monoisotopic (exact) mass is 240 g/mol. The zero-order valence-electron chi connectivity index (χ0n) is 10.4. The third kappa shape index (κ3) is 4.52. The Bertz CT molecular complexity index is 326. The van der Waals surface area contributed by atoms with Crippen molar-refractivity contribution in [2.24, 2.45) is 0 Å². The van der Waals surface area contributed by atoms with E-state index in [0.29, 0.717) is 0 Å². The Morgan fingerprint density at radius 2 is 2.12 bits per heavy atom.